The number of amides is 2. The molecule has 0 aliphatic heterocycles. The first kappa shape index (κ1) is 19.7. The molecule has 1 aliphatic carbocycles. The number of nitrogens with zero attached hydrogens (tertiary/aromatic N) is 3. The molecule has 2 heterocycles. The number of carbonyl (C=O) groups is 1. The van der Waals surface area contributed by atoms with E-state index >= 15 is 0 Å². The smallest absolute Gasteiger partial charge is 0.320 e. The zero-order chi connectivity index (χ0) is 22.1. The van der Waals surface area contributed by atoms with Gasteiger partial charge in [0.2, 0.25) is 0 Å². The highest BCUT2D eigenvalue weighted by molar-refractivity contribution is 5.89. The average molecular weight is 427 g/mol. The van der Waals surface area contributed by atoms with Crippen molar-refractivity contribution in [3.8, 4) is 22.8 Å². The second kappa shape index (κ2) is 8.14. The fourth-order valence-corrected chi connectivity index (χ4v) is 3.70. The van der Waals surface area contributed by atoms with Crippen molar-refractivity contribution in [3.05, 3.63) is 72.4 Å². The van der Waals surface area contributed by atoms with Gasteiger partial charge < -0.3 is 15.2 Å². The molecule has 1 fully saturated rings. The number of ether oxygens (including phenoxy) is 1. The number of hydrogen-bond donors (Lipinski definition) is 3. The number of phenols is 1. The van der Waals surface area contributed by atoms with E-state index in [0.717, 1.165) is 12.0 Å². The number of hydrogen-bond acceptors (Lipinski definition) is 6. The maximum atomic E-state index is 12.4. The molecule has 0 saturated heterocycles. The van der Waals surface area contributed by atoms with E-state index in [9.17, 15) is 9.90 Å². The van der Waals surface area contributed by atoms with Crippen molar-refractivity contribution < 1.29 is 14.6 Å². The third-order valence-electron chi connectivity index (χ3n) is 5.46. The van der Waals surface area contributed by atoms with Crippen LogP contribution in [0.15, 0.2) is 66.9 Å². The number of fused-ring (bicyclic) bond motifs is 1. The number of phenolic OH excluding ortho intramolecular Hbond substituents is 1. The van der Waals surface area contributed by atoms with Crippen LogP contribution >= 0.6 is 0 Å². The normalized spacial score (nSPS) is 17.0. The predicted octanol–water partition coefficient (Wildman–Crippen LogP) is 4.08. The van der Waals surface area contributed by atoms with Crippen LogP contribution in [0, 0.1) is 0 Å². The summed E-state index contributed by atoms with van der Waals surface area (Å²) < 4.78 is 5.17. The highest BCUT2D eigenvalue weighted by Gasteiger charge is 2.39. The zero-order valence-electron chi connectivity index (χ0n) is 17.3. The average Bonchev–Trinajstić information content (AvgIpc) is 3.58. The number of rotatable bonds is 5. The Morgan fingerprint density at radius 2 is 1.94 bits per heavy atom. The molecule has 5 rings (SSSR count). The van der Waals surface area contributed by atoms with Crippen molar-refractivity contribution in [3.63, 3.8) is 0 Å². The Morgan fingerprint density at radius 3 is 2.75 bits per heavy atom. The minimum absolute atomic E-state index is 0.0551. The van der Waals surface area contributed by atoms with Gasteiger partial charge in [-0.25, -0.2) is 19.7 Å². The Kier molecular flexibility index (Phi) is 5.03. The second-order valence-corrected chi connectivity index (χ2v) is 7.64. The minimum Gasteiger partial charge on any atom is -0.504 e. The van der Waals surface area contributed by atoms with Gasteiger partial charge in [0, 0.05) is 17.5 Å². The molecule has 1 aliphatic rings. The maximum absolute atomic E-state index is 12.4. The number of urea groups is 1. The van der Waals surface area contributed by atoms with Crippen LogP contribution in [0.5, 0.6) is 11.5 Å². The molecular weight excluding hydrogens is 406 g/mol. The molecule has 0 spiro atoms. The Bertz CT molecular complexity index is 1300. The summed E-state index contributed by atoms with van der Waals surface area (Å²) in [5, 5.41) is 15.5. The molecule has 3 N–H and O–H groups in total. The van der Waals surface area contributed by atoms with E-state index in [-0.39, 0.29) is 17.8 Å². The number of anilines is 1. The molecule has 2 aromatic heterocycles. The van der Waals surface area contributed by atoms with Gasteiger partial charge in [-0.2, -0.15) is 0 Å². The Morgan fingerprint density at radius 1 is 1.09 bits per heavy atom. The van der Waals surface area contributed by atoms with Crippen LogP contribution in [0.4, 0.5) is 10.6 Å². The SMILES string of the molecule is COc1cc(-c2ccc3ncc(NC(=O)N[C@@H]4C[C@H]4c4ccccc4)nc3n2)ccc1O. The largest absolute Gasteiger partial charge is 0.504 e. The standard InChI is InChI=1S/C24H21N5O3/c1-32-21-11-15(7-10-20(21)30)17-8-9-18-23(26-17)28-22(13-25-18)29-24(31)27-19-12-16(19)14-5-3-2-4-6-14/h2-11,13,16,19,30H,12H2,1H3,(H2,26,27,28,29,31)/t16-,19+/m0/s1. The fraction of sp³-hybridized carbons (Fsp3) is 0.167. The first-order chi connectivity index (χ1) is 15.6. The summed E-state index contributed by atoms with van der Waals surface area (Å²) in [6.07, 6.45) is 2.43. The summed E-state index contributed by atoms with van der Waals surface area (Å²) in [6.45, 7) is 0. The van der Waals surface area contributed by atoms with Crippen LogP contribution in [-0.4, -0.2) is 39.2 Å². The molecule has 160 valence electrons. The Labute approximate surface area is 184 Å². The summed E-state index contributed by atoms with van der Waals surface area (Å²) in [4.78, 5) is 25.8. The van der Waals surface area contributed by atoms with Crippen molar-refractivity contribution in [2.75, 3.05) is 12.4 Å². The van der Waals surface area contributed by atoms with Gasteiger partial charge in [0.25, 0.3) is 0 Å². The van der Waals surface area contributed by atoms with Gasteiger partial charge in [-0.1, -0.05) is 30.3 Å². The van der Waals surface area contributed by atoms with Crippen LogP contribution in [0.1, 0.15) is 17.9 Å². The first-order valence-electron chi connectivity index (χ1n) is 10.2. The van der Waals surface area contributed by atoms with E-state index in [1.165, 1.54) is 18.9 Å². The van der Waals surface area contributed by atoms with Crippen LogP contribution in [0.3, 0.4) is 0 Å². The Balaban J connectivity index is 1.30. The lowest BCUT2D eigenvalue weighted by Gasteiger charge is -2.09. The number of carbonyl (C=O) groups excluding carboxylic acids is 1. The van der Waals surface area contributed by atoms with E-state index in [4.69, 9.17) is 4.74 Å². The fourth-order valence-electron chi connectivity index (χ4n) is 3.70. The van der Waals surface area contributed by atoms with E-state index in [0.29, 0.717) is 34.3 Å². The van der Waals surface area contributed by atoms with E-state index in [2.05, 4.69) is 37.7 Å². The number of pyridine rings is 1. The lowest BCUT2D eigenvalue weighted by Crippen LogP contribution is -2.31. The quantitative estimate of drug-likeness (QED) is 0.443. The number of methoxy groups -OCH3 is 1. The molecule has 8 heteroatoms. The molecular formula is C24H21N5O3. The number of aromatic hydroxyl groups is 1. The van der Waals surface area contributed by atoms with E-state index in [1.54, 1.807) is 18.2 Å². The summed E-state index contributed by atoms with van der Waals surface area (Å²) >= 11 is 0. The molecule has 0 bridgehead atoms. The van der Waals surface area contributed by atoms with Crippen LogP contribution < -0.4 is 15.4 Å². The summed E-state index contributed by atoms with van der Waals surface area (Å²) in [7, 11) is 1.49. The van der Waals surface area contributed by atoms with Crippen molar-refractivity contribution in [2.24, 2.45) is 0 Å². The van der Waals surface area contributed by atoms with Crippen molar-refractivity contribution in [1.29, 1.82) is 0 Å². The van der Waals surface area contributed by atoms with Gasteiger partial charge in [-0.15, -0.1) is 0 Å². The van der Waals surface area contributed by atoms with Crippen molar-refractivity contribution in [2.45, 2.75) is 18.4 Å². The van der Waals surface area contributed by atoms with E-state index in [1.807, 2.05) is 30.3 Å². The third-order valence-corrected chi connectivity index (χ3v) is 5.46. The molecule has 0 radical (unpaired) electrons. The second-order valence-electron chi connectivity index (χ2n) is 7.64. The molecule has 2 amide bonds. The van der Waals surface area contributed by atoms with Gasteiger partial charge in [0.1, 0.15) is 5.52 Å². The monoisotopic (exact) mass is 427 g/mol. The molecule has 8 nitrogen and oxygen atoms in total. The van der Waals surface area contributed by atoms with Gasteiger partial charge in [-0.05, 0) is 42.3 Å². The highest BCUT2D eigenvalue weighted by Crippen LogP contribution is 2.40. The van der Waals surface area contributed by atoms with Crippen LogP contribution in [0.25, 0.3) is 22.4 Å². The van der Waals surface area contributed by atoms with Gasteiger partial charge in [0.05, 0.1) is 19.0 Å². The Hall–Kier alpha value is -4.20. The lowest BCUT2D eigenvalue weighted by atomic mass is 10.1. The molecule has 2 aromatic carbocycles. The summed E-state index contributed by atoms with van der Waals surface area (Å²) in [5.74, 6) is 1.08. The topological polar surface area (TPSA) is 109 Å². The number of benzene rings is 2. The van der Waals surface area contributed by atoms with E-state index < -0.39 is 0 Å². The number of nitrogens with one attached hydrogen (secondary N) is 2. The van der Waals surface area contributed by atoms with Crippen molar-refractivity contribution >= 4 is 23.0 Å². The molecule has 0 unspecified atom stereocenters. The third kappa shape index (κ3) is 4.02. The maximum Gasteiger partial charge on any atom is 0.320 e. The summed E-state index contributed by atoms with van der Waals surface area (Å²) in [6, 6.07) is 18.6. The van der Waals surface area contributed by atoms with Gasteiger partial charge in [0.15, 0.2) is 23.0 Å². The minimum atomic E-state index is -0.318. The first-order valence-corrected chi connectivity index (χ1v) is 10.2. The molecule has 1 saturated carbocycles. The highest BCUT2D eigenvalue weighted by atomic mass is 16.5. The predicted molar refractivity (Wildman–Crippen MR) is 121 cm³/mol. The van der Waals surface area contributed by atoms with Gasteiger partial charge in [-0.3, -0.25) is 5.32 Å². The van der Waals surface area contributed by atoms with Crippen LogP contribution in [0.2, 0.25) is 0 Å². The lowest BCUT2D eigenvalue weighted by molar-refractivity contribution is 0.251. The number of aromatic nitrogens is 3. The summed E-state index contributed by atoms with van der Waals surface area (Å²) in [5.41, 5.74) is 3.65. The molecule has 2 atom stereocenters. The van der Waals surface area contributed by atoms with Crippen LogP contribution in [-0.2, 0) is 0 Å². The van der Waals surface area contributed by atoms with Crippen molar-refractivity contribution in [1.82, 2.24) is 20.3 Å². The zero-order valence-corrected chi connectivity index (χ0v) is 17.3. The molecule has 32 heavy (non-hydrogen) atoms. The van der Waals surface area contributed by atoms with Gasteiger partial charge >= 0.3 is 6.03 Å². The molecule has 4 aromatic rings.